The van der Waals surface area contributed by atoms with Crippen molar-refractivity contribution in [2.24, 2.45) is 5.73 Å². The summed E-state index contributed by atoms with van der Waals surface area (Å²) < 4.78 is 25.8. The number of fused-ring (bicyclic) bond motifs is 1. The van der Waals surface area contributed by atoms with Gasteiger partial charge in [0.15, 0.2) is 0 Å². The summed E-state index contributed by atoms with van der Waals surface area (Å²) in [5, 5.41) is 2.62. The van der Waals surface area contributed by atoms with E-state index in [0.717, 1.165) is 25.0 Å². The number of nitrogens with zero attached hydrogens (tertiary/aromatic N) is 1. The molecule has 1 aliphatic rings. The van der Waals surface area contributed by atoms with E-state index in [9.17, 15) is 8.78 Å². The number of anilines is 1. The molecule has 0 spiro atoms. The molecule has 3 N–H and O–H groups in total. The van der Waals surface area contributed by atoms with E-state index in [-0.39, 0.29) is 0 Å². The van der Waals surface area contributed by atoms with E-state index in [1.807, 2.05) is 6.07 Å². The molecule has 0 radical (unpaired) electrons. The van der Waals surface area contributed by atoms with Crippen LogP contribution in [0.15, 0.2) is 12.1 Å². The number of aryl methyl sites for hydroxylation is 2. The van der Waals surface area contributed by atoms with Crippen LogP contribution in [0.5, 0.6) is 0 Å². The third-order valence-corrected chi connectivity index (χ3v) is 2.75. The van der Waals surface area contributed by atoms with Crippen molar-refractivity contribution in [3.05, 3.63) is 23.4 Å². The maximum atomic E-state index is 12.9. The van der Waals surface area contributed by atoms with Crippen LogP contribution in [0.1, 0.15) is 17.7 Å². The molecule has 0 bridgehead atoms. The minimum absolute atomic E-state index is 0.463. The fourth-order valence-corrected chi connectivity index (χ4v) is 1.81. The molecule has 0 amide bonds. The van der Waals surface area contributed by atoms with E-state index >= 15 is 0 Å². The van der Waals surface area contributed by atoms with Crippen molar-refractivity contribution < 1.29 is 8.78 Å². The van der Waals surface area contributed by atoms with Crippen molar-refractivity contribution in [2.75, 3.05) is 18.4 Å². The number of alkyl halides is 2. The van der Waals surface area contributed by atoms with E-state index in [1.165, 1.54) is 5.56 Å². The molecule has 16 heavy (non-hydrogen) atoms. The van der Waals surface area contributed by atoms with E-state index in [2.05, 4.69) is 10.3 Å². The van der Waals surface area contributed by atoms with Crippen LogP contribution in [0.2, 0.25) is 0 Å². The van der Waals surface area contributed by atoms with E-state index in [0.29, 0.717) is 5.82 Å². The average molecular weight is 227 g/mol. The summed E-state index contributed by atoms with van der Waals surface area (Å²) in [5.74, 6) is -2.37. The van der Waals surface area contributed by atoms with E-state index in [1.54, 1.807) is 6.07 Å². The average Bonchev–Trinajstić information content (AvgIpc) is 2.73. The molecule has 1 aromatic rings. The largest absolute Gasteiger partial charge is 0.364 e. The van der Waals surface area contributed by atoms with Gasteiger partial charge < -0.3 is 11.1 Å². The Balaban J connectivity index is 2.00. The molecule has 1 aliphatic carbocycles. The van der Waals surface area contributed by atoms with Crippen LogP contribution in [0.4, 0.5) is 14.6 Å². The van der Waals surface area contributed by atoms with Gasteiger partial charge in [-0.1, -0.05) is 6.07 Å². The van der Waals surface area contributed by atoms with Crippen LogP contribution in [0.3, 0.4) is 0 Å². The Labute approximate surface area is 93.1 Å². The van der Waals surface area contributed by atoms with Gasteiger partial charge in [0.2, 0.25) is 0 Å². The van der Waals surface area contributed by atoms with Crippen molar-refractivity contribution in [3.63, 3.8) is 0 Å². The molecule has 0 saturated carbocycles. The Morgan fingerprint density at radius 3 is 2.94 bits per heavy atom. The molecular weight excluding hydrogens is 212 g/mol. The lowest BCUT2D eigenvalue weighted by molar-refractivity contribution is 0.0253. The van der Waals surface area contributed by atoms with Crippen molar-refractivity contribution in [1.82, 2.24) is 4.98 Å². The second kappa shape index (κ2) is 4.33. The number of halogens is 2. The van der Waals surface area contributed by atoms with Crippen molar-refractivity contribution >= 4 is 5.82 Å². The van der Waals surface area contributed by atoms with Crippen molar-refractivity contribution in [3.8, 4) is 0 Å². The lowest BCUT2D eigenvalue weighted by atomic mass is 10.2. The minimum Gasteiger partial charge on any atom is -0.364 e. The molecule has 5 heteroatoms. The summed E-state index contributed by atoms with van der Waals surface area (Å²) >= 11 is 0. The zero-order valence-corrected chi connectivity index (χ0v) is 8.97. The van der Waals surface area contributed by atoms with Gasteiger partial charge in [0.25, 0.3) is 5.92 Å². The smallest absolute Gasteiger partial charge is 0.276 e. The lowest BCUT2D eigenvalue weighted by Gasteiger charge is -2.15. The first kappa shape index (κ1) is 11.3. The Hall–Kier alpha value is -1.23. The molecule has 0 aromatic carbocycles. The van der Waals surface area contributed by atoms with E-state index in [4.69, 9.17) is 5.73 Å². The maximum Gasteiger partial charge on any atom is 0.276 e. The first-order valence-corrected chi connectivity index (χ1v) is 5.41. The number of hydrogen-bond acceptors (Lipinski definition) is 3. The number of rotatable bonds is 4. The highest BCUT2D eigenvalue weighted by Crippen LogP contribution is 2.22. The first-order valence-electron chi connectivity index (χ1n) is 5.41. The van der Waals surface area contributed by atoms with Gasteiger partial charge in [-0.2, -0.15) is 0 Å². The highest BCUT2D eigenvalue weighted by atomic mass is 19.3. The number of aromatic nitrogens is 1. The van der Waals surface area contributed by atoms with Crippen LogP contribution < -0.4 is 11.1 Å². The Morgan fingerprint density at radius 1 is 1.38 bits per heavy atom. The Morgan fingerprint density at radius 2 is 2.19 bits per heavy atom. The summed E-state index contributed by atoms with van der Waals surface area (Å²) in [4.78, 5) is 4.31. The molecule has 0 fully saturated rings. The van der Waals surface area contributed by atoms with Crippen LogP contribution in [0, 0.1) is 0 Å². The predicted molar refractivity (Wildman–Crippen MR) is 58.8 cm³/mol. The quantitative estimate of drug-likeness (QED) is 0.821. The lowest BCUT2D eigenvalue weighted by Crippen LogP contribution is -2.35. The van der Waals surface area contributed by atoms with Crippen LogP contribution in [-0.4, -0.2) is 24.0 Å². The standard InChI is InChI=1S/C11H15F2N3/c12-11(13,6-14)7-15-10-5-4-8-2-1-3-9(8)16-10/h4-5H,1-3,6-7,14H2,(H,15,16). The molecule has 2 rings (SSSR count). The molecule has 0 aliphatic heterocycles. The summed E-state index contributed by atoms with van der Waals surface area (Å²) in [7, 11) is 0. The zero-order chi connectivity index (χ0) is 11.6. The highest BCUT2D eigenvalue weighted by Gasteiger charge is 2.26. The first-order chi connectivity index (χ1) is 7.61. The fraction of sp³-hybridized carbons (Fsp3) is 0.545. The summed E-state index contributed by atoms with van der Waals surface area (Å²) in [6.07, 6.45) is 3.09. The normalized spacial score (nSPS) is 14.9. The molecule has 0 atom stereocenters. The molecule has 0 unspecified atom stereocenters. The second-order valence-electron chi connectivity index (χ2n) is 4.07. The van der Waals surface area contributed by atoms with Gasteiger partial charge in [0.05, 0.1) is 13.1 Å². The molecule has 1 heterocycles. The number of hydrogen-bond donors (Lipinski definition) is 2. The summed E-state index contributed by atoms with van der Waals surface area (Å²) in [5.41, 5.74) is 7.21. The van der Waals surface area contributed by atoms with Gasteiger partial charge in [-0.25, -0.2) is 13.8 Å². The second-order valence-corrected chi connectivity index (χ2v) is 4.07. The summed E-state index contributed by atoms with van der Waals surface area (Å²) in [6, 6.07) is 3.70. The third kappa shape index (κ3) is 2.47. The monoisotopic (exact) mass is 227 g/mol. The van der Waals surface area contributed by atoms with Crippen LogP contribution in [-0.2, 0) is 12.8 Å². The zero-order valence-electron chi connectivity index (χ0n) is 8.97. The van der Waals surface area contributed by atoms with Gasteiger partial charge in [-0.3, -0.25) is 0 Å². The van der Waals surface area contributed by atoms with Gasteiger partial charge in [-0.05, 0) is 30.9 Å². The minimum atomic E-state index is -2.87. The van der Waals surface area contributed by atoms with E-state index < -0.39 is 19.0 Å². The van der Waals surface area contributed by atoms with Crippen molar-refractivity contribution in [1.29, 1.82) is 0 Å². The number of pyridine rings is 1. The highest BCUT2D eigenvalue weighted by molar-refractivity contribution is 5.40. The SMILES string of the molecule is NCC(F)(F)CNc1ccc2c(n1)CCC2. The van der Waals surface area contributed by atoms with Gasteiger partial charge >= 0.3 is 0 Å². The van der Waals surface area contributed by atoms with Crippen molar-refractivity contribution in [2.45, 2.75) is 25.2 Å². The number of nitrogens with two attached hydrogens (primary N) is 1. The fourth-order valence-electron chi connectivity index (χ4n) is 1.81. The third-order valence-electron chi connectivity index (χ3n) is 2.75. The van der Waals surface area contributed by atoms with Gasteiger partial charge in [-0.15, -0.1) is 0 Å². The van der Waals surface area contributed by atoms with Gasteiger partial charge in [0.1, 0.15) is 5.82 Å². The topological polar surface area (TPSA) is 50.9 Å². The van der Waals surface area contributed by atoms with Crippen LogP contribution >= 0.6 is 0 Å². The van der Waals surface area contributed by atoms with Crippen LogP contribution in [0.25, 0.3) is 0 Å². The molecule has 1 aromatic heterocycles. The Kier molecular flexibility index (Phi) is 3.05. The maximum absolute atomic E-state index is 12.9. The Bertz CT molecular complexity index is 379. The summed E-state index contributed by atoms with van der Waals surface area (Å²) in [6.45, 7) is -1.11. The molecule has 0 saturated heterocycles. The molecule has 3 nitrogen and oxygen atoms in total. The molecule has 88 valence electrons. The van der Waals surface area contributed by atoms with Gasteiger partial charge in [0, 0.05) is 5.69 Å². The molecular formula is C11H15F2N3. The number of nitrogens with one attached hydrogen (secondary N) is 1. The predicted octanol–water partition coefficient (Wildman–Crippen LogP) is 1.58.